The van der Waals surface area contributed by atoms with Gasteiger partial charge in [-0.3, -0.25) is 0 Å². The first-order chi connectivity index (χ1) is 12.1. The number of methoxy groups -OCH3 is 1. The number of hydrogen-bond donors (Lipinski definition) is 2. The summed E-state index contributed by atoms with van der Waals surface area (Å²) < 4.78 is 10.4. The van der Waals surface area contributed by atoms with Crippen molar-refractivity contribution in [2.24, 2.45) is 0 Å². The van der Waals surface area contributed by atoms with E-state index in [2.05, 4.69) is 17.6 Å². The number of ether oxygens (including phenoxy) is 2. The molecule has 0 radical (unpaired) electrons. The highest BCUT2D eigenvalue weighted by molar-refractivity contribution is 5.86. The quantitative estimate of drug-likeness (QED) is 0.475. The number of nitrogens with one attached hydrogen (secondary N) is 2. The topological polar surface area (TPSA) is 76.7 Å². The third-order valence-corrected chi connectivity index (χ3v) is 4.81. The zero-order chi connectivity index (χ0) is 19.8. The number of esters is 1. The molecule has 6 nitrogen and oxygen atoms in total. The Balaban J connectivity index is 2.62. The molecule has 0 saturated carbocycles. The number of alkyl carbamates (subject to hydrolysis) is 1. The Hall–Kier alpha value is -1.30. The number of hydrogen-bond acceptors (Lipinski definition) is 5. The van der Waals surface area contributed by atoms with E-state index < -0.39 is 17.6 Å². The molecule has 0 unspecified atom stereocenters. The molecule has 152 valence electrons. The monoisotopic (exact) mass is 370 g/mol. The fraction of sp³-hybridized carbons (Fsp3) is 0.900. The molecule has 1 rings (SSSR count). The van der Waals surface area contributed by atoms with Crippen LogP contribution in [0.25, 0.3) is 0 Å². The van der Waals surface area contributed by atoms with Crippen molar-refractivity contribution >= 4 is 12.1 Å². The second-order valence-corrected chi connectivity index (χ2v) is 8.85. The largest absolute Gasteiger partial charge is 0.467 e. The highest BCUT2D eigenvalue weighted by Gasteiger charge is 2.53. The predicted octanol–water partition coefficient (Wildman–Crippen LogP) is 3.93. The van der Waals surface area contributed by atoms with Crippen LogP contribution in [0.3, 0.4) is 0 Å². The smallest absolute Gasteiger partial charge is 0.408 e. The minimum atomic E-state index is -1.08. The minimum Gasteiger partial charge on any atom is -0.467 e. The summed E-state index contributed by atoms with van der Waals surface area (Å²) in [5.41, 5.74) is -1.71. The number of amides is 1. The van der Waals surface area contributed by atoms with E-state index in [4.69, 9.17) is 9.47 Å². The Kier molecular flexibility index (Phi) is 8.38. The van der Waals surface area contributed by atoms with Gasteiger partial charge in [-0.2, -0.15) is 0 Å². The van der Waals surface area contributed by atoms with E-state index in [9.17, 15) is 9.59 Å². The second-order valence-electron chi connectivity index (χ2n) is 8.85. The highest BCUT2D eigenvalue weighted by atomic mass is 16.6. The lowest BCUT2D eigenvalue weighted by Gasteiger charge is -2.51. The average molecular weight is 371 g/mol. The van der Waals surface area contributed by atoms with Gasteiger partial charge in [0.05, 0.1) is 13.7 Å². The van der Waals surface area contributed by atoms with E-state index in [1.165, 1.54) is 32.8 Å². The van der Waals surface area contributed by atoms with Crippen LogP contribution in [0.1, 0.15) is 86.0 Å². The lowest BCUT2D eigenvalue weighted by Crippen LogP contribution is -2.71. The Morgan fingerprint density at radius 3 is 2.04 bits per heavy atom. The van der Waals surface area contributed by atoms with Gasteiger partial charge in [0.1, 0.15) is 5.54 Å². The van der Waals surface area contributed by atoms with Crippen molar-refractivity contribution in [1.82, 2.24) is 10.6 Å². The molecule has 0 aliphatic carbocycles. The molecule has 1 saturated heterocycles. The van der Waals surface area contributed by atoms with Crippen LogP contribution in [0.15, 0.2) is 0 Å². The molecular formula is C20H38N2O4. The van der Waals surface area contributed by atoms with Gasteiger partial charge >= 0.3 is 12.1 Å². The Morgan fingerprint density at radius 1 is 0.962 bits per heavy atom. The molecule has 1 heterocycles. The first-order valence-corrected chi connectivity index (χ1v) is 9.88. The van der Waals surface area contributed by atoms with Crippen LogP contribution < -0.4 is 10.6 Å². The summed E-state index contributed by atoms with van der Waals surface area (Å²) >= 11 is 0. The van der Waals surface area contributed by atoms with Crippen molar-refractivity contribution in [3.05, 3.63) is 0 Å². The van der Waals surface area contributed by atoms with Gasteiger partial charge in [0.15, 0.2) is 0 Å². The van der Waals surface area contributed by atoms with Gasteiger partial charge in [-0.05, 0) is 47.0 Å². The summed E-state index contributed by atoms with van der Waals surface area (Å²) in [5.74, 6) is -0.420. The first kappa shape index (κ1) is 22.7. The maximum absolute atomic E-state index is 12.6. The summed E-state index contributed by atoms with van der Waals surface area (Å²) in [7, 11) is 1.36. The molecule has 1 aliphatic rings. The van der Waals surface area contributed by atoms with E-state index >= 15 is 0 Å². The first-order valence-electron chi connectivity index (χ1n) is 9.88. The van der Waals surface area contributed by atoms with E-state index in [1.807, 2.05) is 27.7 Å². The van der Waals surface area contributed by atoms with Gasteiger partial charge in [0, 0.05) is 11.1 Å². The molecule has 0 aromatic heterocycles. The van der Waals surface area contributed by atoms with Gasteiger partial charge < -0.3 is 20.1 Å². The van der Waals surface area contributed by atoms with Crippen molar-refractivity contribution in [2.45, 2.75) is 103 Å². The van der Waals surface area contributed by atoms with Crippen LogP contribution in [0.4, 0.5) is 4.79 Å². The number of unbranched alkanes of at least 4 members (excludes halogenated alkanes) is 5. The lowest BCUT2D eigenvalue weighted by molar-refractivity contribution is -0.152. The average Bonchev–Trinajstić information content (AvgIpc) is 2.50. The summed E-state index contributed by atoms with van der Waals surface area (Å²) in [6.07, 6.45) is 7.12. The van der Waals surface area contributed by atoms with Crippen LogP contribution in [-0.2, 0) is 14.3 Å². The van der Waals surface area contributed by atoms with Crippen LogP contribution in [0.5, 0.6) is 0 Å². The van der Waals surface area contributed by atoms with Crippen molar-refractivity contribution < 1.29 is 19.1 Å². The molecule has 0 bridgehead atoms. The normalized spacial score (nSPS) is 20.2. The third-order valence-electron chi connectivity index (χ3n) is 4.81. The van der Waals surface area contributed by atoms with Crippen molar-refractivity contribution in [1.29, 1.82) is 0 Å². The van der Waals surface area contributed by atoms with E-state index in [0.717, 1.165) is 12.8 Å². The van der Waals surface area contributed by atoms with Crippen LogP contribution in [-0.4, -0.2) is 42.4 Å². The lowest BCUT2D eigenvalue weighted by atomic mass is 9.71. The summed E-state index contributed by atoms with van der Waals surface area (Å²) in [6.45, 7) is 10.7. The van der Waals surface area contributed by atoms with Gasteiger partial charge in [-0.15, -0.1) is 0 Å². The molecular weight excluding hydrogens is 332 g/mol. The Bertz CT molecular complexity index is 458. The maximum atomic E-state index is 12.6. The Morgan fingerprint density at radius 2 is 1.50 bits per heavy atom. The fourth-order valence-electron chi connectivity index (χ4n) is 4.33. The predicted molar refractivity (Wildman–Crippen MR) is 103 cm³/mol. The number of carbonyl (C=O) groups excluding carboxylic acids is 2. The molecule has 6 heteroatoms. The molecule has 1 aliphatic heterocycles. The van der Waals surface area contributed by atoms with Crippen molar-refractivity contribution in [3.8, 4) is 0 Å². The molecule has 26 heavy (non-hydrogen) atoms. The minimum absolute atomic E-state index is 0.317. The SMILES string of the molecule is CCCCCCCCOC(=O)NC1(C(=O)OC)CC(C)(C)NC(C)(C)C1. The molecule has 2 N–H and O–H groups in total. The summed E-state index contributed by atoms with van der Waals surface area (Å²) in [5, 5.41) is 6.35. The van der Waals surface area contributed by atoms with Gasteiger partial charge in [0.2, 0.25) is 0 Å². The number of piperidine rings is 1. The summed E-state index contributed by atoms with van der Waals surface area (Å²) in [6, 6.07) is 0. The third kappa shape index (κ3) is 7.14. The zero-order valence-electron chi connectivity index (χ0n) is 17.5. The highest BCUT2D eigenvalue weighted by Crippen LogP contribution is 2.37. The van der Waals surface area contributed by atoms with E-state index in [0.29, 0.717) is 19.4 Å². The van der Waals surface area contributed by atoms with Crippen LogP contribution >= 0.6 is 0 Å². The standard InChI is InChI=1S/C20H38N2O4/c1-7-8-9-10-11-12-13-26-17(24)21-20(16(23)25-6)14-18(2,3)22-19(4,5)15-20/h22H,7-15H2,1-6H3,(H,21,24). The number of carbonyl (C=O) groups is 2. The molecule has 0 atom stereocenters. The van der Waals surface area contributed by atoms with Gasteiger partial charge in [-0.25, -0.2) is 9.59 Å². The van der Waals surface area contributed by atoms with E-state index in [1.54, 1.807) is 0 Å². The maximum Gasteiger partial charge on any atom is 0.408 e. The fourth-order valence-corrected chi connectivity index (χ4v) is 4.33. The second kappa shape index (κ2) is 9.58. The van der Waals surface area contributed by atoms with E-state index in [-0.39, 0.29) is 11.1 Å². The van der Waals surface area contributed by atoms with Crippen molar-refractivity contribution in [3.63, 3.8) is 0 Å². The molecule has 1 amide bonds. The molecule has 1 fully saturated rings. The van der Waals surface area contributed by atoms with Crippen molar-refractivity contribution in [2.75, 3.05) is 13.7 Å². The zero-order valence-corrected chi connectivity index (χ0v) is 17.5. The molecule has 0 aromatic rings. The molecule has 0 aromatic carbocycles. The van der Waals surface area contributed by atoms with Gasteiger partial charge in [-0.1, -0.05) is 39.0 Å². The van der Waals surface area contributed by atoms with Crippen LogP contribution in [0, 0.1) is 0 Å². The van der Waals surface area contributed by atoms with Gasteiger partial charge in [0.25, 0.3) is 0 Å². The molecule has 0 spiro atoms. The summed E-state index contributed by atoms with van der Waals surface area (Å²) in [4.78, 5) is 24.9. The Labute approximate surface area is 158 Å². The van der Waals surface area contributed by atoms with Crippen LogP contribution in [0.2, 0.25) is 0 Å². The number of rotatable bonds is 9.